The predicted molar refractivity (Wildman–Crippen MR) is 114 cm³/mol. The van der Waals surface area contributed by atoms with E-state index >= 15 is 0 Å². The fourth-order valence-corrected chi connectivity index (χ4v) is 6.19. The first-order valence-electron chi connectivity index (χ1n) is 10.4. The first-order chi connectivity index (χ1) is 14.2. The van der Waals surface area contributed by atoms with Gasteiger partial charge in [-0.15, -0.1) is 0 Å². The number of carboxylic acid groups (broad SMARTS) is 1. The second-order valence-electron chi connectivity index (χ2n) is 8.87. The monoisotopic (exact) mass is 463 g/mol. The van der Waals surface area contributed by atoms with Crippen LogP contribution >= 0.6 is 0 Å². The molecule has 1 saturated carbocycles. The molecule has 1 heterocycles. The van der Waals surface area contributed by atoms with Crippen molar-refractivity contribution in [2.24, 2.45) is 17.4 Å². The Morgan fingerprint density at radius 2 is 1.90 bits per heavy atom. The molecule has 14 heteroatoms. The van der Waals surface area contributed by atoms with Crippen LogP contribution in [0.4, 0.5) is 0 Å². The number of hydrogen-bond donors (Lipinski definition) is 6. The predicted octanol–water partition coefficient (Wildman–Crippen LogP) is -2.49. The molecule has 2 fully saturated rings. The molecule has 1 aliphatic heterocycles. The molecule has 0 aromatic carbocycles. The summed E-state index contributed by atoms with van der Waals surface area (Å²) in [5.74, 6) is -2.63. The minimum absolute atomic E-state index is 0.0413. The van der Waals surface area contributed by atoms with Crippen molar-refractivity contribution in [1.82, 2.24) is 13.9 Å². The maximum Gasteiger partial charge on any atom is 0.451 e. The van der Waals surface area contributed by atoms with Crippen LogP contribution in [-0.4, -0.2) is 94.0 Å². The van der Waals surface area contributed by atoms with E-state index in [-0.39, 0.29) is 44.0 Å². The fourth-order valence-electron chi connectivity index (χ4n) is 4.06. The van der Waals surface area contributed by atoms with Crippen LogP contribution in [0.15, 0.2) is 0 Å². The molecule has 31 heavy (non-hydrogen) atoms. The van der Waals surface area contributed by atoms with Crippen molar-refractivity contribution >= 4 is 29.2 Å². The average molecular weight is 463 g/mol. The number of hydrogen-bond acceptors (Lipinski definition) is 8. The smallest absolute Gasteiger partial charge is 0.451 e. The van der Waals surface area contributed by atoms with E-state index in [9.17, 15) is 18.0 Å². The molecule has 2 aliphatic rings. The molecule has 1 amide bonds. The Hall–Kier alpha value is -1.29. The number of carbonyl (C=O) groups is 2. The second-order valence-corrected chi connectivity index (χ2v) is 10.7. The lowest BCUT2D eigenvalue weighted by atomic mass is 9.78. The molecule has 5 atom stereocenters. The van der Waals surface area contributed by atoms with E-state index in [0.29, 0.717) is 12.8 Å². The quantitative estimate of drug-likeness (QED) is 0.179. The van der Waals surface area contributed by atoms with Crippen LogP contribution < -0.4 is 16.8 Å². The Morgan fingerprint density at radius 1 is 1.32 bits per heavy atom. The van der Waals surface area contributed by atoms with E-state index < -0.39 is 46.7 Å². The molecule has 12 nitrogen and oxygen atoms in total. The van der Waals surface area contributed by atoms with Gasteiger partial charge in [-0.1, -0.05) is 6.42 Å². The third kappa shape index (κ3) is 5.75. The summed E-state index contributed by atoms with van der Waals surface area (Å²) in [6.07, 6.45) is 1.16. The maximum absolute atomic E-state index is 13.4. The molecule has 178 valence electrons. The van der Waals surface area contributed by atoms with Gasteiger partial charge in [0.05, 0.1) is 0 Å². The lowest BCUT2D eigenvalue weighted by molar-refractivity contribution is -0.142. The third-order valence-electron chi connectivity index (χ3n) is 5.98. The van der Waals surface area contributed by atoms with Gasteiger partial charge in [0.25, 0.3) is 10.2 Å². The van der Waals surface area contributed by atoms with Gasteiger partial charge in [0.2, 0.25) is 5.91 Å². The zero-order valence-corrected chi connectivity index (χ0v) is 19.0. The average Bonchev–Trinajstić information content (AvgIpc) is 3.21. The minimum atomic E-state index is -3.98. The second kappa shape index (κ2) is 9.69. The van der Waals surface area contributed by atoms with E-state index in [1.165, 1.54) is 11.2 Å². The Bertz CT molecular complexity index is 783. The Balaban J connectivity index is 2.28. The third-order valence-corrected chi connectivity index (χ3v) is 8.14. The molecule has 8 N–H and O–H groups in total. The van der Waals surface area contributed by atoms with Crippen molar-refractivity contribution < 1.29 is 33.2 Å². The highest BCUT2D eigenvalue weighted by Gasteiger charge is 2.55. The summed E-state index contributed by atoms with van der Waals surface area (Å²) in [5, 5.41) is 29.7. The number of nitrogens with one attached hydrogen (secondary N) is 1. The van der Waals surface area contributed by atoms with Gasteiger partial charge in [-0.3, -0.25) is 9.59 Å². The van der Waals surface area contributed by atoms with Crippen LogP contribution in [0.1, 0.15) is 40.0 Å². The molecule has 0 radical (unpaired) electrons. The lowest BCUT2D eigenvalue weighted by Crippen LogP contribution is -2.62. The lowest BCUT2D eigenvalue weighted by Gasteiger charge is -2.32. The van der Waals surface area contributed by atoms with Gasteiger partial charge in [-0.25, -0.2) is 0 Å². The van der Waals surface area contributed by atoms with Crippen LogP contribution in [0, 0.1) is 5.92 Å². The number of nitrogens with two attached hydrogens (primary N) is 2. The van der Waals surface area contributed by atoms with Gasteiger partial charge in [0, 0.05) is 37.1 Å². The van der Waals surface area contributed by atoms with E-state index in [2.05, 4.69) is 5.32 Å². The summed E-state index contributed by atoms with van der Waals surface area (Å²) in [5.41, 5.74) is 10.6. The van der Waals surface area contributed by atoms with E-state index in [4.69, 9.17) is 26.6 Å². The summed E-state index contributed by atoms with van der Waals surface area (Å²) < 4.78 is 29.3. The Morgan fingerprint density at radius 3 is 2.35 bits per heavy atom. The normalized spacial score (nSPS) is 29.9. The Labute approximate surface area is 183 Å². The van der Waals surface area contributed by atoms with Gasteiger partial charge in [-0.2, -0.15) is 17.0 Å². The van der Waals surface area contributed by atoms with Gasteiger partial charge in [0.15, 0.2) is 0 Å². The summed E-state index contributed by atoms with van der Waals surface area (Å²) >= 11 is 0. The van der Waals surface area contributed by atoms with Crippen LogP contribution in [0.3, 0.4) is 0 Å². The van der Waals surface area contributed by atoms with Crippen molar-refractivity contribution in [3.8, 4) is 0 Å². The number of rotatable bonds is 11. The van der Waals surface area contributed by atoms with Crippen molar-refractivity contribution in [2.45, 2.75) is 76.1 Å². The zero-order chi connectivity index (χ0) is 23.7. The number of carboxylic acids is 1. The topological polar surface area (TPSA) is 200 Å². The molecule has 0 spiro atoms. The van der Waals surface area contributed by atoms with Crippen LogP contribution in [-0.2, 0) is 19.8 Å². The van der Waals surface area contributed by atoms with Crippen molar-refractivity contribution in [3.63, 3.8) is 0 Å². The number of carbonyl (C=O) groups excluding carboxylic acids is 1. The fraction of sp³-hybridized carbons (Fsp3) is 0.882. The summed E-state index contributed by atoms with van der Waals surface area (Å²) in [6.45, 7) is 4.43. The van der Waals surface area contributed by atoms with Crippen molar-refractivity contribution in [3.05, 3.63) is 0 Å². The van der Waals surface area contributed by atoms with Crippen molar-refractivity contribution in [2.75, 3.05) is 13.1 Å². The molecular weight excluding hydrogens is 429 g/mol. The molecule has 1 saturated heterocycles. The van der Waals surface area contributed by atoms with Crippen molar-refractivity contribution in [1.29, 1.82) is 0 Å². The molecular formula is C17H34BN5O7S. The standard InChI is InChI=1S/C17H34BN5O7S/c1-10(2)23(14-7-13(14)19)31(29,30)22-8-12(5-4-6-18(27)28)17(20,9-22)16(26)21-11(3)15(24)25/h10-14,27-28H,4-9,19-20H2,1-3H3,(H,21,26)(H,24,25)/t11-,12-,13-,14-,17-/m0/s1. The highest BCUT2D eigenvalue weighted by molar-refractivity contribution is 7.86. The number of nitrogens with zero attached hydrogens (tertiary/aromatic N) is 2. The largest absolute Gasteiger partial charge is 0.480 e. The van der Waals surface area contributed by atoms with Crippen LogP contribution in [0.25, 0.3) is 0 Å². The molecule has 0 unspecified atom stereocenters. The summed E-state index contributed by atoms with van der Waals surface area (Å²) in [4.78, 5) is 24.1. The van der Waals surface area contributed by atoms with Gasteiger partial charge >= 0.3 is 13.1 Å². The molecule has 2 rings (SSSR count). The van der Waals surface area contributed by atoms with Crippen LogP contribution in [0.2, 0.25) is 6.32 Å². The first-order valence-corrected chi connectivity index (χ1v) is 11.8. The molecule has 1 aliphatic carbocycles. The minimum Gasteiger partial charge on any atom is -0.480 e. The molecule has 0 aromatic rings. The van der Waals surface area contributed by atoms with E-state index in [1.807, 2.05) is 0 Å². The first kappa shape index (κ1) is 26.0. The van der Waals surface area contributed by atoms with E-state index in [1.54, 1.807) is 13.8 Å². The highest BCUT2D eigenvalue weighted by atomic mass is 32.2. The molecule has 0 bridgehead atoms. The van der Waals surface area contributed by atoms with E-state index in [0.717, 1.165) is 4.31 Å². The van der Waals surface area contributed by atoms with Gasteiger partial charge < -0.3 is 31.9 Å². The number of amides is 1. The van der Waals surface area contributed by atoms with Crippen LogP contribution in [0.5, 0.6) is 0 Å². The Kier molecular flexibility index (Phi) is 8.12. The number of aliphatic carboxylic acids is 1. The molecule has 0 aromatic heterocycles. The summed E-state index contributed by atoms with van der Waals surface area (Å²) in [7, 11) is -5.51. The maximum atomic E-state index is 13.4. The van der Waals surface area contributed by atoms with Gasteiger partial charge in [-0.05, 0) is 39.9 Å². The zero-order valence-electron chi connectivity index (χ0n) is 18.1. The SMILES string of the molecule is CC(C)N([C@H]1C[C@@H]1N)S(=O)(=O)N1C[C@H](CCCB(O)O)[C@](N)(C(=O)N[C@@H](C)C(=O)O)C1. The highest BCUT2D eigenvalue weighted by Crippen LogP contribution is 2.37. The summed E-state index contributed by atoms with van der Waals surface area (Å²) in [6, 6.07) is -2.11. The van der Waals surface area contributed by atoms with Gasteiger partial charge in [0.1, 0.15) is 11.6 Å².